The molecule has 8 heteroatoms. The molecule has 6 nitrogen and oxygen atoms in total. The second-order valence-corrected chi connectivity index (χ2v) is 20.1. The van der Waals surface area contributed by atoms with E-state index in [0.29, 0.717) is 12.2 Å². The van der Waals surface area contributed by atoms with Crippen LogP contribution in [0.5, 0.6) is 0 Å². The third-order valence-corrected chi connectivity index (χ3v) is 13.2. The number of carbonyl (C=O) groups excluding carboxylic acids is 1. The first-order valence-electron chi connectivity index (χ1n) is 11.3. The molecule has 0 aromatic heterocycles. The first kappa shape index (κ1) is 29.5. The van der Waals surface area contributed by atoms with Gasteiger partial charge in [0.15, 0.2) is 16.6 Å². The van der Waals surface area contributed by atoms with Crippen molar-refractivity contribution >= 4 is 22.6 Å². The molecule has 0 aromatic carbocycles. The second-order valence-electron chi connectivity index (χ2n) is 11.2. The minimum Gasteiger partial charge on any atom is -0.456 e. The summed E-state index contributed by atoms with van der Waals surface area (Å²) < 4.78 is 13.7. The van der Waals surface area contributed by atoms with Gasteiger partial charge in [-0.1, -0.05) is 6.58 Å². The molecule has 0 aliphatic carbocycles. The maximum atomic E-state index is 11.5. The standard InChI is InChI=1S/C22H50N2O4Si2/c1-21(2)22(26)27-18-16-24(5,6)14-12-20-30(9,10)28-29(7,8)19-11-13-23(3,4)15-17-25/h25H,1,11-20H2,2-10H3/q+2. The average molecular weight is 463 g/mol. The van der Waals surface area contributed by atoms with Gasteiger partial charge in [-0.15, -0.1) is 0 Å². The molecule has 30 heavy (non-hydrogen) atoms. The SMILES string of the molecule is C=C(C)C(=O)OCC[N+](C)(C)CCC[Si](C)(C)O[Si](C)(C)CCC[N+](C)(C)CCO. The van der Waals surface area contributed by atoms with Gasteiger partial charge in [0.25, 0.3) is 0 Å². The average Bonchev–Trinajstić information content (AvgIpc) is 2.52. The highest BCUT2D eigenvalue weighted by molar-refractivity contribution is 6.84. The highest BCUT2D eigenvalue weighted by Crippen LogP contribution is 2.24. The quantitative estimate of drug-likeness (QED) is 0.165. The molecule has 0 spiro atoms. The molecule has 1 N–H and O–H groups in total. The molecule has 178 valence electrons. The molecule has 0 unspecified atom stereocenters. The lowest BCUT2D eigenvalue weighted by atomic mass is 10.3. The van der Waals surface area contributed by atoms with E-state index in [9.17, 15) is 9.90 Å². The summed E-state index contributed by atoms with van der Waals surface area (Å²) in [5.41, 5.74) is 0.452. The highest BCUT2D eigenvalue weighted by atomic mass is 28.4. The van der Waals surface area contributed by atoms with Crippen molar-refractivity contribution in [2.24, 2.45) is 0 Å². The molecule has 0 saturated heterocycles. The van der Waals surface area contributed by atoms with Gasteiger partial charge in [0.2, 0.25) is 0 Å². The number of carbonyl (C=O) groups is 1. The van der Waals surface area contributed by atoms with Crippen molar-refractivity contribution in [1.29, 1.82) is 0 Å². The van der Waals surface area contributed by atoms with Crippen molar-refractivity contribution < 1.29 is 27.7 Å². The van der Waals surface area contributed by atoms with E-state index in [1.165, 1.54) is 6.04 Å². The fourth-order valence-electron chi connectivity index (χ4n) is 3.72. The van der Waals surface area contributed by atoms with Crippen LogP contribution in [0.25, 0.3) is 0 Å². The van der Waals surface area contributed by atoms with Crippen LogP contribution in [-0.2, 0) is 13.6 Å². The van der Waals surface area contributed by atoms with Gasteiger partial charge in [-0.3, -0.25) is 0 Å². The second kappa shape index (κ2) is 12.5. The van der Waals surface area contributed by atoms with Gasteiger partial charge in [-0.05, 0) is 58.0 Å². The third kappa shape index (κ3) is 14.5. The van der Waals surface area contributed by atoms with Crippen molar-refractivity contribution in [3.63, 3.8) is 0 Å². The van der Waals surface area contributed by atoms with Crippen LogP contribution in [0.15, 0.2) is 12.2 Å². The number of ether oxygens (including phenoxy) is 1. The summed E-state index contributed by atoms with van der Waals surface area (Å²) >= 11 is 0. The van der Waals surface area contributed by atoms with Crippen LogP contribution in [-0.4, -0.2) is 104 Å². The van der Waals surface area contributed by atoms with Crippen LogP contribution < -0.4 is 0 Å². The Kier molecular flexibility index (Phi) is 12.3. The number of aliphatic hydroxyl groups is 1. The zero-order valence-electron chi connectivity index (χ0n) is 21.3. The molecule has 0 rings (SSSR count). The van der Waals surface area contributed by atoms with Gasteiger partial charge in [-0.25, -0.2) is 4.79 Å². The minimum atomic E-state index is -1.70. The Morgan fingerprint density at radius 3 is 1.70 bits per heavy atom. The number of quaternary nitrogens is 2. The zero-order chi connectivity index (χ0) is 23.6. The molecule has 0 aliphatic heterocycles. The van der Waals surface area contributed by atoms with Gasteiger partial charge in [-0.2, -0.15) is 0 Å². The Hall–Kier alpha value is -0.516. The zero-order valence-corrected chi connectivity index (χ0v) is 23.3. The van der Waals surface area contributed by atoms with E-state index in [1.807, 2.05) is 0 Å². The van der Waals surface area contributed by atoms with Gasteiger partial charge in [0, 0.05) is 5.57 Å². The lowest BCUT2D eigenvalue weighted by molar-refractivity contribution is -0.890. The summed E-state index contributed by atoms with van der Waals surface area (Å²) in [6, 6.07) is 2.33. The van der Waals surface area contributed by atoms with Crippen molar-refractivity contribution in [3.8, 4) is 0 Å². The molecule has 0 aromatic rings. The van der Waals surface area contributed by atoms with Crippen molar-refractivity contribution in [1.82, 2.24) is 0 Å². The van der Waals surface area contributed by atoms with Gasteiger partial charge in [0.05, 0.1) is 47.9 Å². The molecule has 0 atom stereocenters. The van der Waals surface area contributed by atoms with Crippen LogP contribution in [0.2, 0.25) is 38.3 Å². The topological polar surface area (TPSA) is 55.8 Å². The summed E-state index contributed by atoms with van der Waals surface area (Å²) in [4.78, 5) is 11.5. The maximum absolute atomic E-state index is 11.5. The summed E-state index contributed by atoms with van der Waals surface area (Å²) in [7, 11) is 5.36. The summed E-state index contributed by atoms with van der Waals surface area (Å²) in [6.07, 6.45) is 2.29. The Balaban J connectivity index is 4.36. The van der Waals surface area contributed by atoms with E-state index >= 15 is 0 Å². The normalized spacial score (nSPS) is 13.4. The summed E-state index contributed by atoms with van der Waals surface area (Å²) in [5.74, 6) is -0.303. The van der Waals surface area contributed by atoms with Gasteiger partial charge >= 0.3 is 5.97 Å². The van der Waals surface area contributed by atoms with Gasteiger partial charge < -0.3 is 22.9 Å². The smallest absolute Gasteiger partial charge is 0.333 e. The number of aliphatic hydroxyl groups excluding tert-OH is 1. The van der Waals surface area contributed by atoms with E-state index in [1.54, 1.807) is 6.92 Å². The van der Waals surface area contributed by atoms with E-state index in [-0.39, 0.29) is 12.6 Å². The molecule has 0 fully saturated rings. The van der Waals surface area contributed by atoms with Crippen molar-refractivity contribution in [2.75, 3.05) is 67.6 Å². The minimum absolute atomic E-state index is 0.245. The molecule has 0 heterocycles. The van der Waals surface area contributed by atoms with Crippen LogP contribution >= 0.6 is 0 Å². The lowest BCUT2D eigenvalue weighted by Crippen LogP contribution is -2.47. The van der Waals surface area contributed by atoms with E-state index in [2.05, 4.69) is 61.0 Å². The van der Waals surface area contributed by atoms with E-state index < -0.39 is 16.6 Å². The third-order valence-electron chi connectivity index (χ3n) is 5.62. The first-order valence-corrected chi connectivity index (χ1v) is 17.5. The number of nitrogens with zero attached hydrogens (tertiary/aromatic N) is 2. The van der Waals surface area contributed by atoms with E-state index in [0.717, 1.165) is 54.0 Å². The first-order chi connectivity index (χ1) is 13.5. The number of likely N-dealkylation sites (N-methyl/N-ethyl adjacent to an activating group) is 2. The van der Waals surface area contributed by atoms with Crippen LogP contribution in [0.4, 0.5) is 0 Å². The largest absolute Gasteiger partial charge is 0.456 e. The summed E-state index contributed by atoms with van der Waals surface area (Å²) in [6.45, 7) is 19.1. The van der Waals surface area contributed by atoms with E-state index in [4.69, 9.17) is 8.85 Å². The van der Waals surface area contributed by atoms with Gasteiger partial charge in [0.1, 0.15) is 19.7 Å². The van der Waals surface area contributed by atoms with Crippen molar-refractivity contribution in [2.45, 2.75) is 58.0 Å². The number of rotatable bonds is 16. The molecule has 0 radical (unpaired) electrons. The Morgan fingerprint density at radius 1 is 0.867 bits per heavy atom. The lowest BCUT2D eigenvalue weighted by Gasteiger charge is -2.36. The number of esters is 1. The maximum Gasteiger partial charge on any atom is 0.333 e. The molecular formula is C22H50N2O4Si2+2. The predicted octanol–water partition coefficient (Wildman–Crippen LogP) is 3.46. The molecule has 0 saturated carbocycles. The number of hydrogen-bond acceptors (Lipinski definition) is 4. The van der Waals surface area contributed by atoms with Crippen LogP contribution in [0.3, 0.4) is 0 Å². The highest BCUT2D eigenvalue weighted by Gasteiger charge is 2.33. The Labute approximate surface area is 188 Å². The van der Waals surface area contributed by atoms with Crippen molar-refractivity contribution in [3.05, 3.63) is 12.2 Å². The molecule has 0 aliphatic rings. The molecule has 0 bridgehead atoms. The number of hydrogen-bond donors (Lipinski definition) is 1. The molecule has 0 amide bonds. The summed E-state index contributed by atoms with van der Waals surface area (Å²) in [5, 5.41) is 9.19. The Morgan fingerprint density at radius 2 is 1.30 bits per heavy atom. The predicted molar refractivity (Wildman–Crippen MR) is 131 cm³/mol. The molecular weight excluding hydrogens is 412 g/mol. The Bertz CT molecular complexity index is 549. The monoisotopic (exact) mass is 462 g/mol. The van der Waals surface area contributed by atoms with Crippen LogP contribution in [0, 0.1) is 0 Å². The van der Waals surface area contributed by atoms with Crippen LogP contribution in [0.1, 0.15) is 19.8 Å². The fourth-order valence-corrected chi connectivity index (χ4v) is 12.5. The fraction of sp³-hybridized carbons (Fsp3) is 0.864.